The molecule has 0 unspecified atom stereocenters. The Balaban J connectivity index is 1.51. The fourth-order valence-electron chi connectivity index (χ4n) is 5.55. The number of thiophene rings is 1. The molecule has 0 atom stereocenters. The number of aromatic hydroxyl groups is 1. The van der Waals surface area contributed by atoms with Gasteiger partial charge in [-0.15, -0.1) is 11.3 Å². The van der Waals surface area contributed by atoms with Gasteiger partial charge < -0.3 is 19.2 Å². The van der Waals surface area contributed by atoms with E-state index in [4.69, 9.17) is 9.16 Å². The molecule has 1 aliphatic heterocycles. The molecule has 0 aliphatic carbocycles. The van der Waals surface area contributed by atoms with Crippen LogP contribution in [0.3, 0.4) is 0 Å². The Labute approximate surface area is 294 Å². The molecule has 0 amide bonds. The van der Waals surface area contributed by atoms with Crippen molar-refractivity contribution in [2.24, 2.45) is 0 Å². The van der Waals surface area contributed by atoms with Crippen molar-refractivity contribution in [2.45, 2.75) is 75.0 Å². The minimum Gasteiger partial charge on any atom is -0.542 e. The standard InChI is InChI=1S/C36H41F4NO6S2Si/c1-35(2,3)50(4,5)47-29-15-12-24(20-27(29)37)34-32(31-28(42)21-26(22-30(31)48-34)49(44,45)36(38,39)40)33(43)23-10-13-25(14-11-23)46-19-9-18-41-16-7-6-8-17-41/h10-15,20-22,42H,6-9,16-19H2,1-5H3. The summed E-state index contributed by atoms with van der Waals surface area (Å²) in [6.45, 7) is 13.6. The van der Waals surface area contributed by atoms with Crippen LogP contribution < -0.4 is 9.16 Å². The van der Waals surface area contributed by atoms with Crippen molar-refractivity contribution in [2.75, 3.05) is 26.2 Å². The van der Waals surface area contributed by atoms with Crippen LogP contribution >= 0.6 is 11.3 Å². The summed E-state index contributed by atoms with van der Waals surface area (Å²) in [7, 11) is -8.25. The van der Waals surface area contributed by atoms with E-state index in [0.717, 1.165) is 49.5 Å². The highest BCUT2D eigenvalue weighted by atomic mass is 32.2. The predicted octanol–water partition coefficient (Wildman–Crippen LogP) is 9.58. The summed E-state index contributed by atoms with van der Waals surface area (Å²) in [6.07, 6.45) is 4.51. The largest absolute Gasteiger partial charge is 0.542 e. The quantitative estimate of drug-likeness (QED) is 0.0707. The fourth-order valence-corrected chi connectivity index (χ4v) is 8.71. The number of ketones is 1. The Morgan fingerprint density at radius 3 is 2.24 bits per heavy atom. The molecule has 4 aromatic rings. The number of carbonyl (C=O) groups is 1. The molecule has 1 fully saturated rings. The third-order valence-electron chi connectivity index (χ3n) is 9.40. The molecule has 270 valence electrons. The van der Waals surface area contributed by atoms with Crippen LogP contribution in [0.15, 0.2) is 59.5 Å². The molecule has 7 nitrogen and oxygen atoms in total. The van der Waals surface area contributed by atoms with Gasteiger partial charge in [-0.2, -0.15) is 13.2 Å². The molecule has 1 N–H and O–H groups in total. The summed E-state index contributed by atoms with van der Waals surface area (Å²) in [5.74, 6) is -1.59. The van der Waals surface area contributed by atoms with Gasteiger partial charge in [0.1, 0.15) is 17.2 Å². The average Bonchev–Trinajstić information content (AvgIpc) is 3.44. The van der Waals surface area contributed by atoms with E-state index in [1.807, 2.05) is 33.9 Å². The lowest BCUT2D eigenvalue weighted by molar-refractivity contribution is -0.0436. The molecule has 1 aliphatic rings. The number of sulfone groups is 1. The topological polar surface area (TPSA) is 93.1 Å². The van der Waals surface area contributed by atoms with Gasteiger partial charge in [-0.25, -0.2) is 12.8 Å². The number of fused-ring (bicyclic) bond motifs is 1. The van der Waals surface area contributed by atoms with E-state index in [0.29, 0.717) is 18.4 Å². The van der Waals surface area contributed by atoms with Crippen LogP contribution in [0.4, 0.5) is 17.6 Å². The number of carbonyl (C=O) groups excluding carboxylic acids is 1. The molecular formula is C36H41F4NO6S2Si. The number of likely N-dealkylation sites (tertiary alicyclic amines) is 1. The number of hydrogen-bond acceptors (Lipinski definition) is 8. The zero-order chi connectivity index (χ0) is 36.6. The lowest BCUT2D eigenvalue weighted by Gasteiger charge is -2.36. The average molecular weight is 752 g/mol. The summed E-state index contributed by atoms with van der Waals surface area (Å²) in [5.41, 5.74) is -5.35. The normalized spacial score (nSPS) is 15.0. The fraction of sp³-hybridized carbons (Fsp3) is 0.417. The van der Waals surface area contributed by atoms with Crippen molar-refractivity contribution in [3.8, 4) is 27.7 Å². The Bertz CT molecular complexity index is 1980. The van der Waals surface area contributed by atoms with Crippen molar-refractivity contribution < 1.29 is 45.0 Å². The summed E-state index contributed by atoms with van der Waals surface area (Å²) in [4.78, 5) is 15.5. The number of nitrogens with zero attached hydrogens (tertiary/aromatic N) is 1. The maximum absolute atomic E-state index is 15.6. The van der Waals surface area contributed by atoms with Crippen LogP contribution in [0.1, 0.15) is 62.4 Å². The number of halogens is 4. The minimum absolute atomic E-state index is 0.0160. The van der Waals surface area contributed by atoms with Crippen molar-refractivity contribution in [3.63, 3.8) is 0 Å². The van der Waals surface area contributed by atoms with Crippen molar-refractivity contribution >= 4 is 45.4 Å². The first kappa shape index (κ1) is 37.8. The van der Waals surface area contributed by atoms with Gasteiger partial charge in [0.15, 0.2) is 11.6 Å². The number of rotatable bonds is 11. The van der Waals surface area contributed by atoms with Crippen molar-refractivity contribution in [3.05, 3.63) is 71.5 Å². The lowest BCUT2D eigenvalue weighted by atomic mass is 9.97. The second kappa shape index (κ2) is 14.3. The summed E-state index contributed by atoms with van der Waals surface area (Å²) in [6, 6.07) is 11.7. The molecule has 0 saturated carbocycles. The first-order chi connectivity index (χ1) is 23.3. The van der Waals surface area contributed by atoms with E-state index in [1.165, 1.54) is 43.5 Å². The maximum atomic E-state index is 15.6. The van der Waals surface area contributed by atoms with Crippen LogP contribution in [-0.4, -0.2) is 64.3 Å². The Kier molecular flexibility index (Phi) is 10.8. The molecule has 50 heavy (non-hydrogen) atoms. The monoisotopic (exact) mass is 751 g/mol. The van der Waals surface area contributed by atoms with Gasteiger partial charge in [0.05, 0.1) is 17.1 Å². The summed E-state index contributed by atoms with van der Waals surface area (Å²) < 4.78 is 92.5. The second-order valence-corrected chi connectivity index (χ2v) is 21.8. The van der Waals surface area contributed by atoms with Crippen LogP contribution in [0.2, 0.25) is 18.1 Å². The molecular weight excluding hydrogens is 711 g/mol. The van der Waals surface area contributed by atoms with Crippen LogP contribution in [0.5, 0.6) is 17.2 Å². The SMILES string of the molecule is CC(C)(C)[Si](C)(C)Oc1ccc(-c2sc3cc(S(=O)(=O)C(F)(F)F)cc(O)c3c2C(=O)c2ccc(OCCCN3CCCCC3)cc2)cc1F. The zero-order valence-corrected chi connectivity index (χ0v) is 31.3. The zero-order valence-electron chi connectivity index (χ0n) is 28.6. The number of ether oxygens (including phenoxy) is 1. The number of phenols is 1. The molecule has 0 radical (unpaired) electrons. The highest BCUT2D eigenvalue weighted by Crippen LogP contribution is 2.47. The Morgan fingerprint density at radius 1 is 0.980 bits per heavy atom. The second-order valence-electron chi connectivity index (χ2n) is 14.0. The molecule has 0 spiro atoms. The van der Waals surface area contributed by atoms with Gasteiger partial charge in [0.2, 0.25) is 0 Å². The van der Waals surface area contributed by atoms with Gasteiger partial charge >= 0.3 is 5.51 Å². The third kappa shape index (κ3) is 7.87. The first-order valence-electron chi connectivity index (χ1n) is 16.4. The molecule has 3 aromatic carbocycles. The molecule has 5 rings (SSSR count). The van der Waals surface area contributed by atoms with Gasteiger partial charge in [-0.3, -0.25) is 4.79 Å². The first-order valence-corrected chi connectivity index (χ1v) is 21.6. The molecule has 14 heteroatoms. The van der Waals surface area contributed by atoms with Gasteiger partial charge in [-0.1, -0.05) is 27.2 Å². The molecule has 2 heterocycles. The number of piperidine rings is 1. The van der Waals surface area contributed by atoms with Crippen LogP contribution in [0.25, 0.3) is 20.5 Å². The van der Waals surface area contributed by atoms with Crippen molar-refractivity contribution in [1.82, 2.24) is 4.90 Å². The maximum Gasteiger partial charge on any atom is 0.501 e. The van der Waals surface area contributed by atoms with E-state index >= 15 is 4.39 Å². The molecule has 1 saturated heterocycles. The van der Waals surface area contributed by atoms with Crippen LogP contribution in [-0.2, 0) is 9.84 Å². The minimum atomic E-state index is -5.82. The van der Waals surface area contributed by atoms with E-state index in [2.05, 4.69) is 4.90 Å². The Morgan fingerprint density at radius 2 is 1.64 bits per heavy atom. The number of benzene rings is 3. The van der Waals surface area contributed by atoms with E-state index in [9.17, 15) is 31.5 Å². The highest BCUT2D eigenvalue weighted by molar-refractivity contribution is 7.92. The predicted molar refractivity (Wildman–Crippen MR) is 190 cm³/mol. The number of alkyl halides is 3. The smallest absolute Gasteiger partial charge is 0.501 e. The van der Waals surface area contributed by atoms with Gasteiger partial charge in [0.25, 0.3) is 18.2 Å². The number of hydrogen-bond donors (Lipinski definition) is 1. The summed E-state index contributed by atoms with van der Waals surface area (Å²) >= 11 is 0.775. The Hall–Kier alpha value is -3.46. The highest BCUT2D eigenvalue weighted by Gasteiger charge is 2.47. The van der Waals surface area contributed by atoms with E-state index in [-0.39, 0.29) is 42.4 Å². The summed E-state index contributed by atoms with van der Waals surface area (Å²) in [5, 5.41) is 10.6. The molecule has 0 bridgehead atoms. The van der Waals surface area contributed by atoms with E-state index in [1.54, 1.807) is 12.1 Å². The van der Waals surface area contributed by atoms with Crippen LogP contribution in [0, 0.1) is 5.82 Å². The van der Waals surface area contributed by atoms with Gasteiger partial charge in [-0.05, 0) is 111 Å². The number of phenolic OH excluding ortho intramolecular Hbond substituents is 1. The third-order valence-corrected chi connectivity index (χ3v) is 16.4. The van der Waals surface area contributed by atoms with Crippen molar-refractivity contribution in [1.29, 1.82) is 0 Å². The van der Waals surface area contributed by atoms with Gasteiger partial charge in [0, 0.05) is 27.1 Å². The molecule has 1 aromatic heterocycles. The van der Waals surface area contributed by atoms with E-state index < -0.39 is 45.9 Å². The lowest BCUT2D eigenvalue weighted by Crippen LogP contribution is -2.44.